The minimum Gasteiger partial charge on any atom is -0.487 e. The van der Waals surface area contributed by atoms with Crippen LogP contribution in [0.4, 0.5) is 4.79 Å². The number of likely N-dealkylation sites (tertiary alicyclic amines) is 1. The first-order valence-corrected chi connectivity index (χ1v) is 15.2. The maximum absolute atomic E-state index is 12.6. The molecule has 1 aromatic carbocycles. The minimum absolute atomic E-state index is 0.0810. The van der Waals surface area contributed by atoms with Crippen molar-refractivity contribution < 1.29 is 22.7 Å². The van der Waals surface area contributed by atoms with Gasteiger partial charge >= 0.3 is 6.09 Å². The molecule has 206 valence electrons. The summed E-state index contributed by atoms with van der Waals surface area (Å²) >= 11 is 0. The molecule has 0 unspecified atom stereocenters. The molecule has 1 spiro atoms. The smallest absolute Gasteiger partial charge is 0.410 e. The zero-order valence-electron chi connectivity index (χ0n) is 22.7. The Hall–Kier alpha value is -3.46. The number of aromatic nitrogens is 2. The highest BCUT2D eigenvalue weighted by Crippen LogP contribution is 2.40. The van der Waals surface area contributed by atoms with Crippen LogP contribution in [0.2, 0.25) is 0 Å². The van der Waals surface area contributed by atoms with Crippen molar-refractivity contribution in [3.63, 3.8) is 0 Å². The number of piperidine rings is 1. The predicted octanol–water partition coefficient (Wildman–Crippen LogP) is 5.35. The fourth-order valence-electron chi connectivity index (χ4n) is 5.15. The third-order valence-electron chi connectivity index (χ3n) is 7.16. The van der Waals surface area contributed by atoms with Gasteiger partial charge in [0, 0.05) is 43.9 Å². The summed E-state index contributed by atoms with van der Waals surface area (Å²) in [6.07, 6.45) is 6.31. The van der Waals surface area contributed by atoms with E-state index in [-0.39, 0.29) is 23.2 Å². The summed E-state index contributed by atoms with van der Waals surface area (Å²) in [7, 11) is -3.36. The number of hydrogen-bond acceptors (Lipinski definition) is 7. The van der Waals surface area contributed by atoms with Gasteiger partial charge in [0.15, 0.2) is 9.84 Å². The maximum atomic E-state index is 12.6. The van der Waals surface area contributed by atoms with Crippen LogP contribution in [-0.2, 0) is 32.5 Å². The van der Waals surface area contributed by atoms with E-state index in [1.54, 1.807) is 35.5 Å². The zero-order valence-corrected chi connectivity index (χ0v) is 23.5. The number of carbonyl (C=O) groups excluding carboxylic acids is 1. The standard InChI is InChI=1S/C30H35N3O5S/c1-29(2,3)38-28(34)33-16-13-30(14-17-33)12-11-24-18-23(8-10-27(24)37-30)26-9-7-22(19-32-26)20-39(35,36)21-25-6-4-5-15-31-25/h4-10,15,18-19H,11-14,16-17,20-21H2,1-3H3. The van der Waals surface area contributed by atoms with Gasteiger partial charge in [-0.05, 0) is 81.1 Å². The highest BCUT2D eigenvalue weighted by atomic mass is 32.2. The van der Waals surface area contributed by atoms with Crippen molar-refractivity contribution >= 4 is 15.9 Å². The van der Waals surface area contributed by atoms with E-state index in [9.17, 15) is 13.2 Å². The van der Waals surface area contributed by atoms with Gasteiger partial charge in [0.1, 0.15) is 17.0 Å². The second-order valence-electron chi connectivity index (χ2n) is 11.5. The van der Waals surface area contributed by atoms with Crippen molar-refractivity contribution in [3.8, 4) is 17.0 Å². The summed E-state index contributed by atoms with van der Waals surface area (Å²) < 4.78 is 37.3. The Bertz CT molecular complexity index is 1430. The quantitative estimate of drug-likeness (QED) is 0.423. The van der Waals surface area contributed by atoms with Crippen LogP contribution in [0.1, 0.15) is 56.9 Å². The Morgan fingerprint density at radius 1 is 1.03 bits per heavy atom. The molecule has 9 heteroatoms. The molecule has 4 heterocycles. The SMILES string of the molecule is CC(C)(C)OC(=O)N1CCC2(CCc3cc(-c4ccc(CS(=O)(=O)Cc5ccccn5)cn4)ccc3O2)CC1. The summed E-state index contributed by atoms with van der Waals surface area (Å²) in [5, 5.41) is 0. The van der Waals surface area contributed by atoms with Crippen molar-refractivity contribution in [2.45, 2.75) is 69.2 Å². The Kier molecular flexibility index (Phi) is 7.37. The molecule has 8 nitrogen and oxygen atoms in total. The molecule has 0 bridgehead atoms. The van der Waals surface area contributed by atoms with Crippen LogP contribution < -0.4 is 4.74 Å². The lowest BCUT2D eigenvalue weighted by Gasteiger charge is -2.44. The number of sulfone groups is 1. The van der Waals surface area contributed by atoms with Crippen molar-refractivity contribution in [1.29, 1.82) is 0 Å². The molecule has 2 aromatic heterocycles. The first-order valence-electron chi connectivity index (χ1n) is 13.3. The second-order valence-corrected chi connectivity index (χ2v) is 13.5. The number of amides is 1. The lowest BCUT2D eigenvalue weighted by atomic mass is 9.83. The molecule has 2 aliphatic heterocycles. The molecule has 3 aromatic rings. The number of rotatable bonds is 5. The fourth-order valence-corrected chi connectivity index (χ4v) is 6.55. The zero-order chi connectivity index (χ0) is 27.7. The van der Waals surface area contributed by atoms with Gasteiger partial charge in [-0.2, -0.15) is 0 Å². The maximum Gasteiger partial charge on any atom is 0.410 e. The van der Waals surface area contributed by atoms with Crippen LogP contribution in [0.15, 0.2) is 60.9 Å². The fraction of sp³-hybridized carbons (Fsp3) is 0.433. The van der Waals surface area contributed by atoms with Gasteiger partial charge < -0.3 is 14.4 Å². The van der Waals surface area contributed by atoms with E-state index in [2.05, 4.69) is 16.0 Å². The average Bonchev–Trinajstić information content (AvgIpc) is 2.88. The van der Waals surface area contributed by atoms with Gasteiger partial charge in [0.2, 0.25) is 0 Å². The van der Waals surface area contributed by atoms with Crippen LogP contribution in [0.3, 0.4) is 0 Å². The summed E-state index contributed by atoms with van der Waals surface area (Å²) in [4.78, 5) is 22.9. The molecular weight excluding hydrogens is 514 g/mol. The number of nitrogens with zero attached hydrogens (tertiary/aromatic N) is 3. The van der Waals surface area contributed by atoms with Gasteiger partial charge in [-0.3, -0.25) is 9.97 Å². The van der Waals surface area contributed by atoms with E-state index in [4.69, 9.17) is 9.47 Å². The van der Waals surface area contributed by atoms with E-state index in [1.165, 1.54) is 0 Å². The number of ether oxygens (including phenoxy) is 2. The highest BCUT2D eigenvalue weighted by molar-refractivity contribution is 7.89. The van der Waals surface area contributed by atoms with Crippen molar-refractivity contribution in [2.24, 2.45) is 0 Å². The summed E-state index contributed by atoms with van der Waals surface area (Å²) in [6, 6.07) is 15.1. The molecule has 0 aliphatic carbocycles. The van der Waals surface area contributed by atoms with E-state index in [0.29, 0.717) is 24.3 Å². The molecule has 1 amide bonds. The van der Waals surface area contributed by atoms with Crippen LogP contribution in [0.25, 0.3) is 11.3 Å². The van der Waals surface area contributed by atoms with Crippen LogP contribution in [0.5, 0.6) is 5.75 Å². The molecule has 39 heavy (non-hydrogen) atoms. The minimum atomic E-state index is -3.36. The molecule has 0 saturated carbocycles. The van der Waals surface area contributed by atoms with Gasteiger partial charge in [-0.15, -0.1) is 0 Å². The summed E-state index contributed by atoms with van der Waals surface area (Å²) in [5.74, 6) is 0.705. The first-order chi connectivity index (χ1) is 18.5. The Morgan fingerprint density at radius 3 is 2.49 bits per heavy atom. The largest absolute Gasteiger partial charge is 0.487 e. The summed E-state index contributed by atoms with van der Waals surface area (Å²) in [6.45, 7) is 6.88. The third-order valence-corrected chi connectivity index (χ3v) is 8.67. The van der Waals surface area contributed by atoms with Gasteiger partial charge in [0.25, 0.3) is 0 Å². The lowest BCUT2D eigenvalue weighted by Crippen LogP contribution is -2.52. The molecule has 0 atom stereocenters. The first kappa shape index (κ1) is 27.1. The van der Waals surface area contributed by atoms with Crippen molar-refractivity contribution in [2.75, 3.05) is 13.1 Å². The summed E-state index contributed by atoms with van der Waals surface area (Å²) in [5.41, 5.74) is 3.32. The normalized spacial score (nSPS) is 16.8. The molecule has 1 fully saturated rings. The number of carbonyl (C=O) groups is 1. The number of benzene rings is 1. The van der Waals surface area contributed by atoms with Crippen LogP contribution >= 0.6 is 0 Å². The third kappa shape index (κ3) is 6.76. The van der Waals surface area contributed by atoms with E-state index < -0.39 is 15.4 Å². The molecule has 2 aliphatic rings. The van der Waals surface area contributed by atoms with E-state index in [1.807, 2.05) is 45.0 Å². The molecule has 0 N–H and O–H groups in total. The van der Waals surface area contributed by atoms with Crippen LogP contribution in [-0.4, -0.2) is 53.7 Å². The van der Waals surface area contributed by atoms with Gasteiger partial charge in [-0.25, -0.2) is 13.2 Å². The van der Waals surface area contributed by atoms with Gasteiger partial charge in [-0.1, -0.05) is 12.1 Å². The van der Waals surface area contributed by atoms with Crippen LogP contribution in [0, 0.1) is 0 Å². The lowest BCUT2D eigenvalue weighted by molar-refractivity contribution is -0.0272. The number of hydrogen-bond donors (Lipinski definition) is 0. The molecule has 1 saturated heterocycles. The second kappa shape index (κ2) is 10.6. The predicted molar refractivity (Wildman–Crippen MR) is 149 cm³/mol. The Balaban J connectivity index is 1.21. The number of fused-ring (bicyclic) bond motifs is 1. The Labute approximate surface area is 230 Å². The molecule has 0 radical (unpaired) electrons. The van der Waals surface area contributed by atoms with E-state index >= 15 is 0 Å². The van der Waals surface area contributed by atoms with Crippen molar-refractivity contribution in [1.82, 2.24) is 14.9 Å². The van der Waals surface area contributed by atoms with Gasteiger partial charge in [0.05, 0.1) is 22.9 Å². The Morgan fingerprint density at radius 2 is 1.82 bits per heavy atom. The molecular formula is C30H35N3O5S. The average molecular weight is 550 g/mol. The monoisotopic (exact) mass is 549 g/mol. The number of aryl methyl sites for hydroxylation is 1. The number of pyridine rings is 2. The van der Waals surface area contributed by atoms with E-state index in [0.717, 1.165) is 48.3 Å². The topological polar surface area (TPSA) is 98.7 Å². The highest BCUT2D eigenvalue weighted by Gasteiger charge is 2.41. The molecule has 5 rings (SSSR count). The van der Waals surface area contributed by atoms with Crippen molar-refractivity contribution in [3.05, 3.63) is 77.7 Å².